The van der Waals surface area contributed by atoms with E-state index in [4.69, 9.17) is 18.5 Å². The van der Waals surface area contributed by atoms with Crippen molar-refractivity contribution in [2.24, 2.45) is 34.5 Å². The summed E-state index contributed by atoms with van der Waals surface area (Å²) >= 11 is 5.41. The molecule has 1 aliphatic heterocycles. The molecule has 1 aromatic carbocycles. The van der Waals surface area contributed by atoms with Gasteiger partial charge in [-0.3, -0.25) is 14.1 Å². The molecule has 0 aromatic heterocycles. The van der Waals surface area contributed by atoms with Gasteiger partial charge in [0.1, 0.15) is 24.1 Å². The fraction of sp³-hybridized carbons (Fsp3) is 0.730. The summed E-state index contributed by atoms with van der Waals surface area (Å²) in [6.07, 6.45) is -4.96. The molecule has 326 valence electrons. The highest BCUT2D eigenvalue weighted by Crippen LogP contribution is 2.70. The number of aliphatic hydroxyl groups excluding tert-OH is 2. The van der Waals surface area contributed by atoms with Gasteiger partial charge in [0.15, 0.2) is 12.4 Å². The summed E-state index contributed by atoms with van der Waals surface area (Å²) in [5.41, 5.74) is 1.45. The zero-order valence-electron chi connectivity index (χ0n) is 32.2. The number of phenols is 1. The van der Waals surface area contributed by atoms with Crippen LogP contribution in [0.2, 0.25) is 0 Å². The van der Waals surface area contributed by atoms with Crippen molar-refractivity contribution in [3.63, 3.8) is 0 Å². The lowest BCUT2D eigenvalue weighted by molar-refractivity contribution is -0.620. The van der Waals surface area contributed by atoms with Gasteiger partial charge in [-0.1, -0.05) is 19.6 Å². The Hall–Kier alpha value is -1.71. The number of fused-ring (bicyclic) bond motifs is 3. The quantitative estimate of drug-likeness (QED) is 0.0129. The second-order valence-corrected chi connectivity index (χ2v) is 19.0. The minimum Gasteiger partial charge on any atom is -0.507 e. The van der Waals surface area contributed by atoms with Crippen molar-refractivity contribution in [2.75, 3.05) is 19.6 Å². The van der Waals surface area contributed by atoms with Crippen molar-refractivity contribution >= 4 is 57.8 Å². The van der Waals surface area contributed by atoms with Gasteiger partial charge < -0.3 is 40.5 Å². The maximum absolute atomic E-state index is 12.9. The van der Waals surface area contributed by atoms with Crippen LogP contribution in [0.15, 0.2) is 24.3 Å². The van der Waals surface area contributed by atoms with Crippen molar-refractivity contribution in [1.82, 2.24) is 10.6 Å². The number of rotatable bonds is 17. The van der Waals surface area contributed by atoms with Crippen LogP contribution in [-0.4, -0.2) is 108 Å². The molecule has 21 heteroatoms. The number of aliphatic hydroxyl groups is 2. The van der Waals surface area contributed by atoms with Crippen LogP contribution >= 0.6 is 35.5 Å². The number of aryl methyl sites for hydroxylation is 2. The Labute approximate surface area is 356 Å². The molecule has 4 saturated carbocycles. The highest BCUT2D eigenvalue weighted by molar-refractivity contribution is 14.1. The standard InChI is InChI=1S/C37H53IN2O16S2/c1-18-12-20(13-25(38)29(18)42)4-7-28(41)40-11-10-39-17-26-31(52-54-55-56-57)32(53-58(47,48)49)30(43)35(51-26)50-22-14-23(34(45)46)24-8-9-37-15-21(19(2)33(37)44)5-6-27(37)36(24,3)16-22/h12-13,21-24,26-27,30-33,35,39,42-44,57H,2,4-11,14-17H2,1,3H3,(H,40,41)(H,45,46)(H,47,48,49)/t21?,22?,23?,24?,26-,27?,30?,31+,32+,33-,35+,36?,37?/m0/s1. The first-order valence-electron chi connectivity index (χ1n) is 19.4. The average molecular weight is 973 g/mol. The highest BCUT2D eigenvalue weighted by Gasteiger charge is 2.67. The number of carboxylic acids is 1. The molecule has 58 heavy (non-hydrogen) atoms. The number of amides is 1. The van der Waals surface area contributed by atoms with Crippen LogP contribution in [0.25, 0.3) is 0 Å². The first kappa shape index (κ1) is 45.8. The van der Waals surface area contributed by atoms with Gasteiger partial charge in [0, 0.05) is 44.4 Å². The predicted molar refractivity (Wildman–Crippen MR) is 212 cm³/mol. The number of hydrogen-bond donors (Lipinski definition) is 8. The van der Waals surface area contributed by atoms with Crippen LogP contribution in [0.1, 0.15) is 69.4 Å². The van der Waals surface area contributed by atoms with Crippen molar-refractivity contribution in [2.45, 2.75) is 115 Å². The minimum absolute atomic E-state index is 0.0207. The molecule has 13 atom stereocenters. The summed E-state index contributed by atoms with van der Waals surface area (Å²) in [5, 5.41) is 58.1. The number of benzene rings is 1. The van der Waals surface area contributed by atoms with Gasteiger partial charge in [0.25, 0.3) is 0 Å². The summed E-state index contributed by atoms with van der Waals surface area (Å²) in [5.74, 6) is -1.81. The number of halogens is 1. The zero-order chi connectivity index (χ0) is 42.2. The molecule has 1 heterocycles. The Bertz CT molecular complexity index is 1770. The molecule has 1 amide bonds. The van der Waals surface area contributed by atoms with E-state index in [0.29, 0.717) is 34.8 Å². The molecule has 8 unspecified atom stereocenters. The van der Waals surface area contributed by atoms with Gasteiger partial charge in [-0.15, -0.1) is 4.33 Å². The first-order chi connectivity index (χ1) is 27.4. The number of thiol groups is 1. The van der Waals surface area contributed by atoms with E-state index in [0.717, 1.165) is 30.4 Å². The van der Waals surface area contributed by atoms with E-state index in [2.05, 4.69) is 51.5 Å². The van der Waals surface area contributed by atoms with Gasteiger partial charge in [-0.05, 0) is 137 Å². The zero-order valence-corrected chi connectivity index (χ0v) is 36.0. The molecule has 7 N–H and O–H groups in total. The number of carbonyl (C=O) groups is 2. The fourth-order valence-corrected chi connectivity index (χ4v) is 12.3. The first-order valence-corrected chi connectivity index (χ1v) is 22.2. The number of carbonyl (C=O) groups excluding carboxylic acids is 1. The molecule has 1 saturated heterocycles. The topological polar surface area (TPSA) is 258 Å². The van der Waals surface area contributed by atoms with Gasteiger partial charge in [0.05, 0.1) is 21.7 Å². The summed E-state index contributed by atoms with van der Waals surface area (Å²) in [4.78, 5) is 30.6. The predicted octanol–water partition coefficient (Wildman–Crippen LogP) is 2.87. The average Bonchev–Trinajstić information content (AvgIpc) is 3.33. The fourth-order valence-electron chi connectivity index (χ4n) is 11.0. The van der Waals surface area contributed by atoms with Gasteiger partial charge in [-0.25, -0.2) is 4.18 Å². The molecule has 6 rings (SSSR count). The maximum atomic E-state index is 12.9. The van der Waals surface area contributed by atoms with Gasteiger partial charge in [-0.2, -0.15) is 13.3 Å². The summed E-state index contributed by atoms with van der Waals surface area (Å²) < 4.78 is 56.1. The van der Waals surface area contributed by atoms with E-state index < -0.39 is 76.0 Å². The monoisotopic (exact) mass is 972 g/mol. The van der Waals surface area contributed by atoms with Crippen molar-refractivity contribution in [3.8, 4) is 5.75 Å². The van der Waals surface area contributed by atoms with E-state index in [1.54, 1.807) is 6.92 Å². The van der Waals surface area contributed by atoms with E-state index >= 15 is 0 Å². The second kappa shape index (κ2) is 18.7. The maximum Gasteiger partial charge on any atom is 0.397 e. The second-order valence-electron chi connectivity index (χ2n) is 16.6. The van der Waals surface area contributed by atoms with Crippen LogP contribution in [0.3, 0.4) is 0 Å². The smallest absolute Gasteiger partial charge is 0.397 e. The Morgan fingerprint density at radius 2 is 1.88 bits per heavy atom. The van der Waals surface area contributed by atoms with Crippen LogP contribution in [0, 0.1) is 45.0 Å². The van der Waals surface area contributed by atoms with Crippen LogP contribution in [-0.2, 0) is 59.4 Å². The van der Waals surface area contributed by atoms with Crippen molar-refractivity contribution in [1.29, 1.82) is 0 Å². The number of hydrogen-bond acceptors (Lipinski definition) is 16. The number of carboxylic acid groups (broad SMARTS) is 1. The van der Waals surface area contributed by atoms with Gasteiger partial charge >= 0.3 is 16.4 Å². The number of phenolic OH excluding ortho intramolecular Hbond substituents is 1. The molecule has 0 radical (unpaired) electrons. The Balaban J connectivity index is 1.15. The molecule has 1 spiro atoms. The van der Waals surface area contributed by atoms with E-state index in [9.17, 15) is 43.0 Å². The molecule has 4 aliphatic carbocycles. The number of nitrogens with one attached hydrogen (secondary N) is 2. The summed E-state index contributed by atoms with van der Waals surface area (Å²) in [6.45, 7) is 8.29. The Morgan fingerprint density at radius 1 is 1.12 bits per heavy atom. The van der Waals surface area contributed by atoms with Crippen molar-refractivity contribution in [3.05, 3.63) is 39.0 Å². The van der Waals surface area contributed by atoms with E-state index in [1.807, 2.05) is 34.7 Å². The Kier molecular flexibility index (Phi) is 14.8. The largest absolute Gasteiger partial charge is 0.507 e. The highest BCUT2D eigenvalue weighted by atomic mass is 127. The van der Waals surface area contributed by atoms with E-state index in [1.165, 1.54) is 0 Å². The molecule has 18 nitrogen and oxygen atoms in total. The lowest BCUT2D eigenvalue weighted by atomic mass is 9.43. The number of ether oxygens (including phenoxy) is 2. The number of aromatic hydroxyl groups is 1. The summed E-state index contributed by atoms with van der Waals surface area (Å²) in [7, 11) is -5.23. The lowest BCUT2D eigenvalue weighted by Gasteiger charge is -2.62. The molecule has 2 bridgehead atoms. The minimum atomic E-state index is -5.23. The molecule has 1 aromatic rings. The molecule has 5 aliphatic rings. The van der Waals surface area contributed by atoms with Crippen LogP contribution in [0.5, 0.6) is 5.75 Å². The molecule has 5 fully saturated rings. The normalized spacial score (nSPS) is 37.2. The lowest BCUT2D eigenvalue weighted by Crippen LogP contribution is -2.64. The third-order valence-electron chi connectivity index (χ3n) is 13.4. The third kappa shape index (κ3) is 9.67. The summed E-state index contributed by atoms with van der Waals surface area (Å²) in [6, 6.07) is 3.64. The molecular weight excluding hydrogens is 919 g/mol. The number of aliphatic carboxylic acids is 1. The van der Waals surface area contributed by atoms with Gasteiger partial charge in [0.2, 0.25) is 5.91 Å². The molecular formula is C37H53IN2O16S2. The Morgan fingerprint density at radius 3 is 2.57 bits per heavy atom. The van der Waals surface area contributed by atoms with Crippen LogP contribution < -0.4 is 10.6 Å². The van der Waals surface area contributed by atoms with Crippen LogP contribution in [0.4, 0.5) is 0 Å². The SMILES string of the molecule is C=C1C2CCC3C4(C)CC(O[C@@H]5O[C@@H](CNCCNC(=O)CCc6cc(C)c(O)c(I)c6)[C@@H](OOOOS)[C@H](OS(=O)(=O)O)C5O)CC(C(=O)O)C4CCC3(C2)[C@H]1O. The van der Waals surface area contributed by atoms with Crippen molar-refractivity contribution < 1.29 is 75.9 Å². The van der Waals surface area contributed by atoms with E-state index in [-0.39, 0.29) is 61.9 Å². The third-order valence-corrected chi connectivity index (χ3v) is 14.8.